The Morgan fingerprint density at radius 3 is 2.71 bits per heavy atom. The minimum absolute atomic E-state index is 0.215. The Labute approximate surface area is 95.2 Å². The molecule has 1 aromatic rings. The highest BCUT2D eigenvalue weighted by Crippen LogP contribution is 2.27. The average Bonchev–Trinajstić information content (AvgIpc) is 2.60. The number of aromatic amines is 1. The van der Waals surface area contributed by atoms with Crippen LogP contribution >= 0.6 is 0 Å². The van der Waals surface area contributed by atoms with Gasteiger partial charge in [-0.3, -0.25) is 20.0 Å². The van der Waals surface area contributed by atoms with Crippen molar-refractivity contribution in [3.05, 3.63) is 28.0 Å². The van der Waals surface area contributed by atoms with E-state index >= 15 is 0 Å². The SMILES string of the molecule is N=c1ccn([C@@H]2O[C@H](CO)[C@@H](O)[C@H]2O)[nH]c1=O. The molecule has 0 aliphatic carbocycles. The van der Waals surface area contributed by atoms with Crippen LogP contribution in [-0.2, 0) is 4.74 Å². The van der Waals surface area contributed by atoms with E-state index in [0.717, 1.165) is 4.68 Å². The third kappa shape index (κ3) is 2.03. The smallest absolute Gasteiger partial charge is 0.287 e. The predicted octanol–water partition coefficient (Wildman–Crippen LogP) is -2.73. The van der Waals surface area contributed by atoms with Gasteiger partial charge in [-0.05, 0) is 6.07 Å². The summed E-state index contributed by atoms with van der Waals surface area (Å²) >= 11 is 0. The minimum Gasteiger partial charge on any atom is -0.394 e. The zero-order valence-electron chi connectivity index (χ0n) is 8.78. The number of nitrogens with zero attached hydrogens (tertiary/aromatic N) is 1. The van der Waals surface area contributed by atoms with Crippen LogP contribution in [0.1, 0.15) is 6.23 Å². The number of ether oxygens (including phenoxy) is 1. The molecule has 4 atom stereocenters. The first-order valence-corrected chi connectivity index (χ1v) is 5.03. The second-order valence-electron chi connectivity index (χ2n) is 3.81. The summed E-state index contributed by atoms with van der Waals surface area (Å²) in [5, 5.41) is 37.4. The highest BCUT2D eigenvalue weighted by molar-refractivity contribution is 4.91. The van der Waals surface area contributed by atoms with Crippen molar-refractivity contribution in [1.29, 1.82) is 5.41 Å². The summed E-state index contributed by atoms with van der Waals surface area (Å²) in [6.45, 7) is -0.434. The number of aliphatic hydroxyl groups excluding tert-OH is 3. The van der Waals surface area contributed by atoms with Crippen molar-refractivity contribution in [3.63, 3.8) is 0 Å². The lowest BCUT2D eigenvalue weighted by molar-refractivity contribution is -0.0597. The summed E-state index contributed by atoms with van der Waals surface area (Å²) in [5.41, 5.74) is -0.634. The number of nitrogens with one attached hydrogen (secondary N) is 2. The van der Waals surface area contributed by atoms with Gasteiger partial charge in [-0.2, -0.15) is 0 Å². The molecular formula is C9H13N3O5. The zero-order chi connectivity index (χ0) is 12.6. The summed E-state index contributed by atoms with van der Waals surface area (Å²) < 4.78 is 6.35. The molecule has 8 nitrogen and oxygen atoms in total. The van der Waals surface area contributed by atoms with Gasteiger partial charge in [0.25, 0.3) is 5.56 Å². The number of aliphatic hydroxyl groups is 3. The molecule has 5 N–H and O–H groups in total. The van der Waals surface area contributed by atoms with E-state index in [0.29, 0.717) is 0 Å². The van der Waals surface area contributed by atoms with Gasteiger partial charge < -0.3 is 20.1 Å². The van der Waals surface area contributed by atoms with Crippen molar-refractivity contribution in [2.75, 3.05) is 6.61 Å². The van der Waals surface area contributed by atoms with Crippen molar-refractivity contribution in [3.8, 4) is 0 Å². The molecule has 0 aromatic carbocycles. The normalized spacial score (nSPS) is 32.9. The van der Waals surface area contributed by atoms with E-state index in [9.17, 15) is 15.0 Å². The van der Waals surface area contributed by atoms with E-state index in [-0.39, 0.29) is 5.36 Å². The van der Waals surface area contributed by atoms with Crippen LogP contribution in [0.4, 0.5) is 0 Å². The first-order valence-electron chi connectivity index (χ1n) is 5.03. The zero-order valence-corrected chi connectivity index (χ0v) is 8.78. The van der Waals surface area contributed by atoms with Crippen LogP contribution in [0.2, 0.25) is 0 Å². The fraction of sp³-hybridized carbons (Fsp3) is 0.556. The highest BCUT2D eigenvalue weighted by Gasteiger charge is 2.43. The van der Waals surface area contributed by atoms with E-state index in [2.05, 4.69) is 5.10 Å². The van der Waals surface area contributed by atoms with Gasteiger partial charge in [-0.1, -0.05) is 0 Å². The highest BCUT2D eigenvalue weighted by atomic mass is 16.6. The molecule has 0 radical (unpaired) electrons. The molecule has 0 amide bonds. The summed E-state index contributed by atoms with van der Waals surface area (Å²) in [6, 6.07) is 1.24. The van der Waals surface area contributed by atoms with Gasteiger partial charge in [-0.25, -0.2) is 0 Å². The lowest BCUT2D eigenvalue weighted by atomic mass is 10.1. The van der Waals surface area contributed by atoms with Crippen LogP contribution in [0.3, 0.4) is 0 Å². The van der Waals surface area contributed by atoms with E-state index < -0.39 is 36.7 Å². The van der Waals surface area contributed by atoms with Crippen molar-refractivity contribution in [2.45, 2.75) is 24.5 Å². The molecule has 0 unspecified atom stereocenters. The Bertz CT molecular complexity index is 510. The fourth-order valence-electron chi connectivity index (χ4n) is 1.70. The third-order valence-electron chi connectivity index (χ3n) is 2.67. The predicted molar refractivity (Wildman–Crippen MR) is 53.9 cm³/mol. The molecule has 2 rings (SSSR count). The quantitative estimate of drug-likeness (QED) is 0.384. The minimum atomic E-state index is -1.26. The number of aromatic nitrogens is 2. The van der Waals surface area contributed by atoms with Crippen LogP contribution in [0.15, 0.2) is 17.1 Å². The second-order valence-corrected chi connectivity index (χ2v) is 3.81. The molecule has 1 saturated heterocycles. The molecule has 94 valence electrons. The average molecular weight is 243 g/mol. The summed E-state index contributed by atoms with van der Waals surface area (Å²) in [4.78, 5) is 11.2. The van der Waals surface area contributed by atoms with Gasteiger partial charge in [-0.15, -0.1) is 0 Å². The van der Waals surface area contributed by atoms with Crippen LogP contribution < -0.4 is 10.9 Å². The largest absolute Gasteiger partial charge is 0.394 e. The molecule has 1 fully saturated rings. The summed E-state index contributed by atoms with van der Waals surface area (Å²) in [6.07, 6.45) is -3.03. The van der Waals surface area contributed by atoms with Gasteiger partial charge in [0.15, 0.2) is 6.23 Å². The molecule has 1 aliphatic rings. The first kappa shape index (κ1) is 12.0. The van der Waals surface area contributed by atoms with Crippen molar-refractivity contribution < 1.29 is 20.1 Å². The Morgan fingerprint density at radius 2 is 2.18 bits per heavy atom. The number of H-pyrrole nitrogens is 1. The van der Waals surface area contributed by atoms with E-state index in [1.54, 1.807) is 0 Å². The molecule has 0 saturated carbocycles. The van der Waals surface area contributed by atoms with E-state index in [1.165, 1.54) is 12.3 Å². The summed E-state index contributed by atoms with van der Waals surface area (Å²) in [7, 11) is 0. The second kappa shape index (κ2) is 4.41. The maximum absolute atomic E-state index is 11.2. The molecule has 1 aromatic heterocycles. The van der Waals surface area contributed by atoms with Crippen molar-refractivity contribution in [2.24, 2.45) is 0 Å². The molecule has 0 bridgehead atoms. The van der Waals surface area contributed by atoms with Gasteiger partial charge in [0.2, 0.25) is 0 Å². The summed E-state index contributed by atoms with van der Waals surface area (Å²) in [5.74, 6) is 0. The van der Waals surface area contributed by atoms with Crippen LogP contribution in [0.25, 0.3) is 0 Å². The molecule has 2 heterocycles. The first-order chi connectivity index (χ1) is 8.04. The van der Waals surface area contributed by atoms with Gasteiger partial charge >= 0.3 is 0 Å². The topological polar surface area (TPSA) is 132 Å². The Balaban J connectivity index is 2.32. The Hall–Kier alpha value is -1.48. The van der Waals surface area contributed by atoms with Gasteiger partial charge in [0.05, 0.1) is 6.61 Å². The molecule has 0 spiro atoms. The Morgan fingerprint density at radius 1 is 1.47 bits per heavy atom. The van der Waals surface area contributed by atoms with Crippen molar-refractivity contribution in [1.82, 2.24) is 9.78 Å². The maximum Gasteiger partial charge on any atom is 0.287 e. The van der Waals surface area contributed by atoms with Crippen LogP contribution in [-0.4, -0.2) is 50.0 Å². The molecule has 8 heteroatoms. The lowest BCUT2D eigenvalue weighted by Crippen LogP contribution is -2.36. The fourth-order valence-corrected chi connectivity index (χ4v) is 1.70. The standard InChI is InChI=1S/C9H13N3O5/c10-4-1-2-12(11-8(4)16)9-7(15)6(14)5(3-13)17-9/h1-2,5-7,9-10,13-15H,3H2,(H,11,16)/t5-,6-,7-,9-/m1/s1. The molecule has 1 aliphatic heterocycles. The molecular weight excluding hydrogens is 230 g/mol. The number of hydrogen-bond acceptors (Lipinski definition) is 6. The molecule has 17 heavy (non-hydrogen) atoms. The monoisotopic (exact) mass is 243 g/mol. The third-order valence-corrected chi connectivity index (χ3v) is 2.67. The number of rotatable bonds is 2. The maximum atomic E-state index is 11.2. The van der Waals surface area contributed by atoms with E-state index in [1.807, 2.05) is 0 Å². The van der Waals surface area contributed by atoms with E-state index in [4.69, 9.17) is 15.3 Å². The number of hydrogen-bond donors (Lipinski definition) is 5. The van der Waals surface area contributed by atoms with Crippen molar-refractivity contribution >= 4 is 0 Å². The van der Waals surface area contributed by atoms with Gasteiger partial charge in [0.1, 0.15) is 23.7 Å². The lowest BCUT2D eigenvalue weighted by Gasteiger charge is -2.17. The van der Waals surface area contributed by atoms with Crippen LogP contribution in [0, 0.1) is 5.41 Å². The Kier molecular flexibility index (Phi) is 3.11. The van der Waals surface area contributed by atoms with Crippen LogP contribution in [0.5, 0.6) is 0 Å². The van der Waals surface area contributed by atoms with Gasteiger partial charge in [0, 0.05) is 6.20 Å².